The van der Waals surface area contributed by atoms with Crippen LogP contribution in [0, 0.1) is 0 Å². The topological polar surface area (TPSA) is 83.5 Å². The van der Waals surface area contributed by atoms with Crippen molar-refractivity contribution in [2.24, 2.45) is 0 Å². The van der Waals surface area contributed by atoms with Gasteiger partial charge in [0.2, 0.25) is 0 Å². The maximum absolute atomic E-state index is 11.5. The van der Waals surface area contributed by atoms with E-state index in [1.165, 1.54) is 18.6 Å². The number of carbonyl (C=O) groups excluding carboxylic acids is 1. The molecule has 0 amide bonds. The summed E-state index contributed by atoms with van der Waals surface area (Å²) in [5, 5.41) is 0. The van der Waals surface area contributed by atoms with Gasteiger partial charge < -0.3 is 9.29 Å². The van der Waals surface area contributed by atoms with E-state index in [4.69, 9.17) is 4.74 Å². The van der Waals surface area contributed by atoms with Gasteiger partial charge in [-0.2, -0.15) is 0 Å². The van der Waals surface area contributed by atoms with Crippen LogP contribution < -0.4 is 34.3 Å². The minimum absolute atomic E-state index is 0. The Kier molecular flexibility index (Phi) is 10.1. The van der Waals surface area contributed by atoms with Gasteiger partial charge in [0, 0.05) is 6.42 Å². The molecule has 0 radical (unpaired) electrons. The molecule has 0 atom stereocenters. The van der Waals surface area contributed by atoms with Crippen LogP contribution in [-0.2, 0) is 14.9 Å². The quantitative estimate of drug-likeness (QED) is 0.219. The van der Waals surface area contributed by atoms with Crippen LogP contribution in [0.15, 0.2) is 29.2 Å². The summed E-state index contributed by atoms with van der Waals surface area (Å²) in [4.78, 5) is 11.2. The van der Waals surface area contributed by atoms with Crippen molar-refractivity contribution in [3.63, 3.8) is 0 Å². The van der Waals surface area contributed by atoms with E-state index in [-0.39, 0.29) is 46.2 Å². The molecule has 0 unspecified atom stereocenters. The van der Waals surface area contributed by atoms with Crippen LogP contribution in [0.2, 0.25) is 0 Å². The van der Waals surface area contributed by atoms with Crippen LogP contribution >= 0.6 is 0 Å². The van der Waals surface area contributed by atoms with Crippen molar-refractivity contribution in [3.8, 4) is 5.75 Å². The van der Waals surface area contributed by atoms with Crippen LogP contribution in [0.5, 0.6) is 5.75 Å². The molecule has 21 heavy (non-hydrogen) atoms. The van der Waals surface area contributed by atoms with E-state index < -0.39 is 10.1 Å². The standard InChI is InChI=1S/C14H20O5S.Na/c1-2-3-4-5-6-7-14(15)19-12-8-10-13(11-9-12)20(16,17)18;/h8-11H,2-7H2,1H3,(H,16,17,18);/q;+1/p-1. The second-order valence-electron chi connectivity index (χ2n) is 4.56. The zero-order valence-corrected chi connectivity index (χ0v) is 15.3. The molecular weight excluding hydrogens is 303 g/mol. The van der Waals surface area contributed by atoms with E-state index in [0.717, 1.165) is 37.8 Å². The molecule has 0 aliphatic carbocycles. The monoisotopic (exact) mass is 322 g/mol. The minimum atomic E-state index is -4.46. The first kappa shape index (κ1) is 20.6. The Morgan fingerprint density at radius 2 is 1.67 bits per heavy atom. The predicted molar refractivity (Wildman–Crippen MR) is 73.4 cm³/mol. The molecule has 1 aromatic rings. The SMILES string of the molecule is CCCCCCCC(=O)Oc1ccc(S(=O)(=O)[O-])cc1.[Na+]. The molecule has 0 aromatic heterocycles. The third-order valence-electron chi connectivity index (χ3n) is 2.83. The smallest absolute Gasteiger partial charge is 0.744 e. The van der Waals surface area contributed by atoms with E-state index >= 15 is 0 Å². The van der Waals surface area contributed by atoms with Gasteiger partial charge >= 0.3 is 35.5 Å². The van der Waals surface area contributed by atoms with E-state index in [1.807, 2.05) is 0 Å². The summed E-state index contributed by atoms with van der Waals surface area (Å²) in [7, 11) is -4.46. The summed E-state index contributed by atoms with van der Waals surface area (Å²) in [6.45, 7) is 2.13. The number of rotatable bonds is 8. The van der Waals surface area contributed by atoms with Crippen LogP contribution in [0.1, 0.15) is 45.4 Å². The van der Waals surface area contributed by atoms with Crippen molar-refractivity contribution in [1.29, 1.82) is 0 Å². The zero-order valence-electron chi connectivity index (χ0n) is 12.5. The Morgan fingerprint density at radius 3 is 2.19 bits per heavy atom. The largest absolute Gasteiger partial charge is 1.00 e. The molecule has 112 valence electrons. The molecule has 0 spiro atoms. The van der Waals surface area contributed by atoms with Gasteiger partial charge in [-0.05, 0) is 30.7 Å². The second kappa shape index (κ2) is 10.3. The zero-order chi connectivity index (χ0) is 15.0. The maximum atomic E-state index is 11.5. The van der Waals surface area contributed by atoms with Gasteiger partial charge in [-0.15, -0.1) is 0 Å². The van der Waals surface area contributed by atoms with Crippen LogP contribution in [0.4, 0.5) is 0 Å². The first-order chi connectivity index (χ1) is 9.43. The van der Waals surface area contributed by atoms with Gasteiger partial charge in [0.25, 0.3) is 0 Å². The summed E-state index contributed by atoms with van der Waals surface area (Å²) in [5.74, 6) is -0.102. The van der Waals surface area contributed by atoms with Crippen molar-refractivity contribution in [3.05, 3.63) is 24.3 Å². The fraction of sp³-hybridized carbons (Fsp3) is 0.500. The molecule has 0 aliphatic rings. The first-order valence-electron chi connectivity index (χ1n) is 6.70. The van der Waals surface area contributed by atoms with Gasteiger partial charge in [0.05, 0.1) is 4.90 Å². The van der Waals surface area contributed by atoms with E-state index in [9.17, 15) is 17.8 Å². The molecule has 7 heteroatoms. The Bertz CT molecular complexity index is 525. The Labute approximate surface area is 148 Å². The van der Waals surface area contributed by atoms with Crippen molar-refractivity contribution >= 4 is 16.1 Å². The fourth-order valence-corrected chi connectivity index (χ4v) is 2.20. The Morgan fingerprint density at radius 1 is 1.10 bits per heavy atom. The van der Waals surface area contributed by atoms with E-state index in [1.54, 1.807) is 0 Å². The number of ether oxygens (including phenoxy) is 1. The molecule has 0 saturated carbocycles. The molecule has 5 nitrogen and oxygen atoms in total. The molecular formula is C14H19NaO5S. The van der Waals surface area contributed by atoms with Crippen molar-refractivity contribution in [2.45, 2.75) is 50.3 Å². The number of hydrogen-bond donors (Lipinski definition) is 0. The molecule has 1 aromatic carbocycles. The Hall–Kier alpha value is -0.400. The average molecular weight is 322 g/mol. The summed E-state index contributed by atoms with van der Waals surface area (Å²) >= 11 is 0. The summed E-state index contributed by atoms with van der Waals surface area (Å²) in [6.07, 6.45) is 5.55. The first-order valence-corrected chi connectivity index (χ1v) is 8.11. The number of hydrogen-bond acceptors (Lipinski definition) is 5. The molecule has 0 bridgehead atoms. The van der Waals surface area contributed by atoms with Crippen molar-refractivity contribution in [2.75, 3.05) is 0 Å². The Balaban J connectivity index is 0.00000400. The van der Waals surface area contributed by atoms with Gasteiger partial charge in [-0.1, -0.05) is 32.6 Å². The molecule has 0 N–H and O–H groups in total. The minimum Gasteiger partial charge on any atom is -0.744 e. The van der Waals surface area contributed by atoms with Crippen LogP contribution in [0.3, 0.4) is 0 Å². The number of unbranched alkanes of at least 4 members (excludes halogenated alkanes) is 4. The second-order valence-corrected chi connectivity index (χ2v) is 5.94. The summed E-state index contributed by atoms with van der Waals surface area (Å²) in [5.41, 5.74) is 0. The number of carbonyl (C=O) groups is 1. The molecule has 0 fully saturated rings. The van der Waals surface area contributed by atoms with E-state index in [2.05, 4.69) is 6.92 Å². The molecule has 0 saturated heterocycles. The fourth-order valence-electron chi connectivity index (χ4n) is 1.73. The van der Waals surface area contributed by atoms with Crippen molar-refractivity contribution in [1.82, 2.24) is 0 Å². The molecule has 0 heterocycles. The summed E-state index contributed by atoms with van der Waals surface area (Å²) in [6, 6.07) is 4.87. The van der Waals surface area contributed by atoms with Crippen LogP contribution in [-0.4, -0.2) is 18.9 Å². The van der Waals surface area contributed by atoms with Gasteiger partial charge in [0.1, 0.15) is 15.9 Å². The third kappa shape index (κ3) is 8.58. The van der Waals surface area contributed by atoms with Gasteiger partial charge in [-0.3, -0.25) is 4.79 Å². The van der Waals surface area contributed by atoms with Gasteiger partial charge in [0.15, 0.2) is 0 Å². The van der Waals surface area contributed by atoms with Crippen molar-refractivity contribution < 1.29 is 52.1 Å². The normalized spacial score (nSPS) is 10.8. The average Bonchev–Trinajstić information content (AvgIpc) is 2.38. The van der Waals surface area contributed by atoms with Gasteiger partial charge in [-0.25, -0.2) is 8.42 Å². The predicted octanol–water partition coefficient (Wildman–Crippen LogP) is -0.139. The number of esters is 1. The van der Waals surface area contributed by atoms with E-state index in [0.29, 0.717) is 6.42 Å². The maximum Gasteiger partial charge on any atom is 1.00 e. The van der Waals surface area contributed by atoms with Crippen LogP contribution in [0.25, 0.3) is 0 Å². The summed E-state index contributed by atoms with van der Waals surface area (Å²) < 4.78 is 37.2. The number of benzene rings is 1. The molecule has 1 rings (SSSR count). The third-order valence-corrected chi connectivity index (χ3v) is 3.68. The molecule has 0 aliphatic heterocycles.